The summed E-state index contributed by atoms with van der Waals surface area (Å²) >= 11 is 0. The average Bonchev–Trinajstić information content (AvgIpc) is 3.03. The molecule has 1 aromatic rings. The van der Waals surface area contributed by atoms with Gasteiger partial charge >= 0.3 is 0 Å². The number of guanidine groups is 1. The lowest BCUT2D eigenvalue weighted by Gasteiger charge is -2.21. The van der Waals surface area contributed by atoms with Crippen molar-refractivity contribution >= 4 is 29.9 Å². The number of likely N-dealkylation sites (tertiary alicyclic amines) is 1. The summed E-state index contributed by atoms with van der Waals surface area (Å²) < 4.78 is 24.0. The number of benzene rings is 1. The second-order valence-electron chi connectivity index (χ2n) is 6.08. The van der Waals surface area contributed by atoms with Gasteiger partial charge in [0.1, 0.15) is 5.82 Å². The molecule has 1 aliphatic rings. The number of hydrogen-bond donors (Lipinski definition) is 1. The van der Waals surface area contributed by atoms with Gasteiger partial charge in [-0.05, 0) is 31.0 Å². The molecular weight excluding hydrogens is 436 g/mol. The smallest absolute Gasteiger partial charge is 0.194 e. The molecule has 1 aromatic carbocycles. The number of nitrogens with zero attached hydrogens (tertiary/aromatic N) is 2. The fraction of sp³-hybridized carbons (Fsp3) is 0.611. The van der Waals surface area contributed by atoms with E-state index < -0.39 is 0 Å². The van der Waals surface area contributed by atoms with Gasteiger partial charge in [-0.15, -0.1) is 24.0 Å². The van der Waals surface area contributed by atoms with Crippen molar-refractivity contribution in [2.24, 2.45) is 10.9 Å². The lowest BCUT2D eigenvalue weighted by Crippen LogP contribution is -2.40. The van der Waals surface area contributed by atoms with Crippen LogP contribution in [0.25, 0.3) is 0 Å². The van der Waals surface area contributed by atoms with E-state index in [1.54, 1.807) is 20.3 Å². The second kappa shape index (κ2) is 11.6. The molecular formula is C18H29FIN3O2. The maximum absolute atomic E-state index is 13.7. The molecule has 0 bridgehead atoms. The Labute approximate surface area is 167 Å². The third-order valence-corrected chi connectivity index (χ3v) is 4.14. The Kier molecular flexibility index (Phi) is 10.3. The highest BCUT2D eigenvalue weighted by molar-refractivity contribution is 14.0. The molecule has 0 spiro atoms. The van der Waals surface area contributed by atoms with Crippen molar-refractivity contribution < 1.29 is 13.9 Å². The Morgan fingerprint density at radius 2 is 2.16 bits per heavy atom. The minimum atomic E-state index is -0.238. The highest BCUT2D eigenvalue weighted by Crippen LogP contribution is 2.17. The van der Waals surface area contributed by atoms with E-state index in [-0.39, 0.29) is 36.4 Å². The molecule has 5 nitrogen and oxygen atoms in total. The van der Waals surface area contributed by atoms with Gasteiger partial charge in [0.15, 0.2) is 5.96 Å². The number of aliphatic imine (C=N–C) groups is 1. The first kappa shape index (κ1) is 22.1. The summed E-state index contributed by atoms with van der Waals surface area (Å²) in [5, 5.41) is 3.34. The van der Waals surface area contributed by atoms with Crippen molar-refractivity contribution in [2.75, 3.05) is 40.5 Å². The van der Waals surface area contributed by atoms with E-state index in [2.05, 4.69) is 17.1 Å². The monoisotopic (exact) mass is 465 g/mol. The lowest BCUT2D eigenvalue weighted by atomic mass is 10.1. The maximum atomic E-state index is 13.7. The fourth-order valence-electron chi connectivity index (χ4n) is 2.98. The Morgan fingerprint density at radius 3 is 2.84 bits per heavy atom. The van der Waals surface area contributed by atoms with E-state index in [9.17, 15) is 4.39 Å². The molecule has 0 radical (unpaired) electrons. The zero-order valence-corrected chi connectivity index (χ0v) is 17.6. The largest absolute Gasteiger partial charge is 0.384 e. The summed E-state index contributed by atoms with van der Waals surface area (Å²) in [6.07, 6.45) is 1.12. The lowest BCUT2D eigenvalue weighted by molar-refractivity contribution is 0.157. The first-order valence-electron chi connectivity index (χ1n) is 8.46. The summed E-state index contributed by atoms with van der Waals surface area (Å²) in [5.41, 5.74) is 1.54. The van der Waals surface area contributed by atoms with Gasteiger partial charge in [0.05, 0.1) is 19.8 Å². The molecule has 0 saturated carbocycles. The van der Waals surface area contributed by atoms with Crippen LogP contribution < -0.4 is 5.32 Å². The van der Waals surface area contributed by atoms with Gasteiger partial charge in [0.2, 0.25) is 0 Å². The fourth-order valence-corrected chi connectivity index (χ4v) is 2.98. The highest BCUT2D eigenvalue weighted by atomic mass is 127. The predicted molar refractivity (Wildman–Crippen MR) is 109 cm³/mol. The van der Waals surface area contributed by atoms with E-state index in [4.69, 9.17) is 14.5 Å². The van der Waals surface area contributed by atoms with Crippen molar-refractivity contribution in [1.29, 1.82) is 0 Å². The first-order valence-corrected chi connectivity index (χ1v) is 8.46. The number of hydrogen-bond acceptors (Lipinski definition) is 3. The molecule has 1 atom stereocenters. The maximum Gasteiger partial charge on any atom is 0.194 e. The zero-order valence-electron chi connectivity index (χ0n) is 15.3. The van der Waals surface area contributed by atoms with Gasteiger partial charge < -0.3 is 19.7 Å². The highest BCUT2D eigenvalue weighted by Gasteiger charge is 2.24. The van der Waals surface area contributed by atoms with Crippen LogP contribution in [0.1, 0.15) is 24.5 Å². The summed E-state index contributed by atoms with van der Waals surface area (Å²) in [4.78, 5) is 6.99. The van der Waals surface area contributed by atoms with Crippen molar-refractivity contribution in [2.45, 2.75) is 26.5 Å². The number of halogens is 2. The molecule has 0 aromatic heterocycles. The Balaban J connectivity index is 0.00000312. The van der Waals surface area contributed by atoms with Gasteiger partial charge in [-0.2, -0.15) is 0 Å². The first-order chi connectivity index (χ1) is 11.7. The summed E-state index contributed by atoms with van der Waals surface area (Å²) in [6.45, 7) is 6.40. The molecule has 1 aliphatic heterocycles. The van der Waals surface area contributed by atoms with Crippen LogP contribution in [-0.4, -0.2) is 51.3 Å². The van der Waals surface area contributed by atoms with Crippen LogP contribution in [-0.2, 0) is 22.6 Å². The molecule has 25 heavy (non-hydrogen) atoms. The minimum absolute atomic E-state index is 0. The predicted octanol–water partition coefficient (Wildman–Crippen LogP) is 3.02. The zero-order chi connectivity index (χ0) is 17.4. The van der Waals surface area contributed by atoms with Crippen LogP contribution in [0.2, 0.25) is 0 Å². The van der Waals surface area contributed by atoms with Crippen molar-refractivity contribution in [3.05, 3.63) is 35.1 Å². The van der Waals surface area contributed by atoms with Crippen LogP contribution in [0, 0.1) is 11.7 Å². The number of methoxy groups -OCH3 is 2. The molecule has 7 heteroatoms. The Hall–Kier alpha value is -0.930. The molecule has 1 unspecified atom stereocenters. The minimum Gasteiger partial charge on any atom is -0.384 e. The summed E-state index contributed by atoms with van der Waals surface area (Å²) in [5.74, 6) is 1.23. The molecule has 0 aliphatic carbocycles. The van der Waals surface area contributed by atoms with Crippen LogP contribution >= 0.6 is 24.0 Å². The number of rotatable bonds is 7. The van der Waals surface area contributed by atoms with Crippen LogP contribution in [0.4, 0.5) is 4.39 Å². The van der Waals surface area contributed by atoms with Gasteiger partial charge in [-0.3, -0.25) is 0 Å². The van der Waals surface area contributed by atoms with Gasteiger partial charge in [-0.25, -0.2) is 9.38 Å². The van der Waals surface area contributed by atoms with Crippen LogP contribution in [0.3, 0.4) is 0 Å². The molecule has 1 saturated heterocycles. The molecule has 0 amide bonds. The molecule has 1 fully saturated rings. The molecule has 1 heterocycles. The SMILES string of the molecule is CCNC(=NCc1ccc(F)c(COC)c1)N1CCC(COC)C1.I. The standard InChI is InChI=1S/C18H28FN3O2.HI/c1-4-20-18(22-8-7-15(11-22)12-23-2)21-10-14-5-6-17(19)16(9-14)13-24-3;/h5-6,9,15H,4,7-8,10-13H2,1-3H3,(H,20,21);1H. The van der Waals surface area contributed by atoms with Crippen LogP contribution in [0.5, 0.6) is 0 Å². The topological polar surface area (TPSA) is 46.1 Å². The van der Waals surface area contributed by atoms with E-state index >= 15 is 0 Å². The van der Waals surface area contributed by atoms with Crippen molar-refractivity contribution in [3.8, 4) is 0 Å². The van der Waals surface area contributed by atoms with Crippen LogP contribution in [0.15, 0.2) is 23.2 Å². The number of ether oxygens (including phenoxy) is 2. The average molecular weight is 465 g/mol. The molecule has 2 rings (SSSR count). The van der Waals surface area contributed by atoms with E-state index in [1.807, 2.05) is 6.07 Å². The third kappa shape index (κ3) is 6.71. The third-order valence-electron chi connectivity index (χ3n) is 4.14. The summed E-state index contributed by atoms with van der Waals surface area (Å²) in [6, 6.07) is 5.08. The van der Waals surface area contributed by atoms with Crippen molar-refractivity contribution in [1.82, 2.24) is 10.2 Å². The van der Waals surface area contributed by atoms with Gasteiger partial charge in [0, 0.05) is 45.3 Å². The summed E-state index contributed by atoms with van der Waals surface area (Å²) in [7, 11) is 3.31. The normalized spacial score (nSPS) is 17.5. The molecule has 142 valence electrons. The second-order valence-corrected chi connectivity index (χ2v) is 6.08. The Morgan fingerprint density at radius 1 is 1.36 bits per heavy atom. The van der Waals surface area contributed by atoms with E-state index in [0.717, 1.165) is 44.2 Å². The number of nitrogens with one attached hydrogen (secondary N) is 1. The van der Waals surface area contributed by atoms with Crippen molar-refractivity contribution in [3.63, 3.8) is 0 Å². The quantitative estimate of drug-likeness (QED) is 0.382. The van der Waals surface area contributed by atoms with E-state index in [1.165, 1.54) is 6.07 Å². The van der Waals surface area contributed by atoms with Gasteiger partial charge in [0.25, 0.3) is 0 Å². The Bertz CT molecular complexity index is 557. The molecule has 1 N–H and O–H groups in total. The van der Waals surface area contributed by atoms with Gasteiger partial charge in [-0.1, -0.05) is 6.07 Å². The van der Waals surface area contributed by atoms with E-state index in [0.29, 0.717) is 18.0 Å².